The normalized spacial score (nSPS) is 14.4. The zero-order valence-electron chi connectivity index (χ0n) is 17.3. The lowest BCUT2D eigenvalue weighted by Gasteiger charge is -2.22. The maximum atomic E-state index is 14.6. The first kappa shape index (κ1) is 26.8. The Balaban J connectivity index is 2.13. The van der Waals surface area contributed by atoms with Crippen LogP contribution in [-0.2, 0) is 4.57 Å². The van der Waals surface area contributed by atoms with E-state index < -0.39 is 49.8 Å². The minimum Gasteiger partial charge on any atom is -0.494 e. The first-order chi connectivity index (χ1) is 15.5. The second kappa shape index (κ2) is 11.6. The van der Waals surface area contributed by atoms with Gasteiger partial charge in [0.15, 0.2) is 11.6 Å². The van der Waals surface area contributed by atoms with E-state index in [9.17, 15) is 31.4 Å². The molecule has 0 aromatic heterocycles. The molecule has 0 aliphatic carbocycles. The van der Waals surface area contributed by atoms with E-state index in [0.29, 0.717) is 17.9 Å². The Hall–Kier alpha value is -2.46. The molecule has 2 atom stereocenters. The van der Waals surface area contributed by atoms with Gasteiger partial charge in [-0.25, -0.2) is 4.39 Å². The lowest BCUT2D eigenvalue weighted by atomic mass is 10.0. The van der Waals surface area contributed by atoms with Crippen molar-refractivity contribution < 1.29 is 46.1 Å². The molecule has 2 rings (SSSR count). The van der Waals surface area contributed by atoms with Crippen molar-refractivity contribution in [2.45, 2.75) is 19.0 Å². The standard InChI is InChI=1S/C21H23F5NO5P/c1-2-3-4-11-31-16-7-5-14(6-8-16)17-9-10-18(20(23)19(17)22)32-12-15(21(24,25)26)13-33(29,30)27-28/h2,5-10,15,28H,1,3-4,11-13H2,(H2,27,29,30)/t15-/m0/s1. The Labute approximate surface area is 187 Å². The average molecular weight is 495 g/mol. The topological polar surface area (TPSA) is 88.0 Å². The van der Waals surface area contributed by atoms with Crippen molar-refractivity contribution in [1.29, 1.82) is 0 Å². The highest BCUT2D eigenvalue weighted by atomic mass is 31.2. The summed E-state index contributed by atoms with van der Waals surface area (Å²) in [6.45, 7) is 2.80. The lowest BCUT2D eigenvalue weighted by Crippen LogP contribution is -2.33. The highest BCUT2D eigenvalue weighted by Gasteiger charge is 2.44. The quantitative estimate of drug-likeness (QED) is 0.115. The van der Waals surface area contributed by atoms with Crippen LogP contribution in [0.5, 0.6) is 11.5 Å². The van der Waals surface area contributed by atoms with Crippen molar-refractivity contribution in [3.05, 3.63) is 60.7 Å². The number of allylic oxidation sites excluding steroid dienone is 1. The van der Waals surface area contributed by atoms with Crippen LogP contribution in [0.1, 0.15) is 12.8 Å². The summed E-state index contributed by atoms with van der Waals surface area (Å²) in [5, 5.41) is 9.42. The van der Waals surface area contributed by atoms with Crippen LogP contribution in [0.15, 0.2) is 49.1 Å². The predicted octanol–water partition coefficient (Wildman–Crippen LogP) is 5.70. The Morgan fingerprint density at radius 1 is 1.09 bits per heavy atom. The number of benzene rings is 2. The highest BCUT2D eigenvalue weighted by Crippen LogP contribution is 2.42. The van der Waals surface area contributed by atoms with Gasteiger partial charge in [0, 0.05) is 5.56 Å². The Morgan fingerprint density at radius 3 is 2.33 bits per heavy atom. The van der Waals surface area contributed by atoms with Crippen LogP contribution in [-0.4, -0.2) is 35.7 Å². The highest BCUT2D eigenvalue weighted by molar-refractivity contribution is 7.55. The molecule has 2 aromatic carbocycles. The van der Waals surface area contributed by atoms with E-state index >= 15 is 0 Å². The second-order valence-corrected chi connectivity index (χ2v) is 9.04. The second-order valence-electron chi connectivity index (χ2n) is 7.08. The molecular weight excluding hydrogens is 472 g/mol. The fourth-order valence-corrected chi connectivity index (χ4v) is 3.79. The van der Waals surface area contributed by atoms with Crippen LogP contribution in [0, 0.1) is 17.6 Å². The van der Waals surface area contributed by atoms with Crippen molar-refractivity contribution in [2.24, 2.45) is 5.92 Å². The van der Waals surface area contributed by atoms with Gasteiger partial charge in [0.05, 0.1) is 18.7 Å². The van der Waals surface area contributed by atoms with Gasteiger partial charge in [-0.2, -0.15) is 17.6 Å². The Kier molecular flexibility index (Phi) is 9.42. The third-order valence-electron chi connectivity index (χ3n) is 4.56. The molecular formula is C21H23F5NO5P. The molecule has 33 heavy (non-hydrogen) atoms. The first-order valence-corrected chi connectivity index (χ1v) is 11.6. The van der Waals surface area contributed by atoms with E-state index in [2.05, 4.69) is 6.58 Å². The Bertz CT molecular complexity index is 984. The van der Waals surface area contributed by atoms with Gasteiger partial charge in [-0.1, -0.05) is 18.2 Å². The van der Waals surface area contributed by atoms with Gasteiger partial charge >= 0.3 is 6.18 Å². The fraction of sp³-hybridized carbons (Fsp3) is 0.333. The van der Waals surface area contributed by atoms with E-state index in [1.165, 1.54) is 12.1 Å². The molecule has 0 radical (unpaired) electrons. The SMILES string of the molecule is C=CCCCOc1ccc(-c2ccc(OC[C@@H](CP(=O)(O)NO)C(F)(F)F)c(F)c2F)cc1. The maximum Gasteiger partial charge on any atom is 0.395 e. The van der Waals surface area contributed by atoms with Crippen LogP contribution in [0.3, 0.4) is 0 Å². The van der Waals surface area contributed by atoms with Crippen LogP contribution < -0.4 is 14.7 Å². The molecule has 2 aromatic rings. The van der Waals surface area contributed by atoms with E-state index in [-0.39, 0.29) is 5.56 Å². The molecule has 0 heterocycles. The maximum absolute atomic E-state index is 14.6. The molecule has 0 aliphatic rings. The third kappa shape index (κ3) is 7.82. The summed E-state index contributed by atoms with van der Waals surface area (Å²) in [5.41, 5.74) is 0.162. The Morgan fingerprint density at radius 2 is 1.76 bits per heavy atom. The minimum absolute atomic E-state index is 0.144. The number of nitrogens with one attached hydrogen (secondary N) is 1. The zero-order valence-corrected chi connectivity index (χ0v) is 18.2. The summed E-state index contributed by atoms with van der Waals surface area (Å²) >= 11 is 0. The third-order valence-corrected chi connectivity index (χ3v) is 5.81. The van der Waals surface area contributed by atoms with Gasteiger partial charge in [0.25, 0.3) is 7.52 Å². The van der Waals surface area contributed by atoms with Crippen molar-refractivity contribution in [2.75, 3.05) is 19.4 Å². The number of ether oxygens (including phenoxy) is 2. The van der Waals surface area contributed by atoms with Crippen LogP contribution in [0.25, 0.3) is 11.1 Å². The number of unbranched alkanes of at least 4 members (excludes halogenated alkanes) is 1. The molecule has 0 saturated heterocycles. The van der Waals surface area contributed by atoms with E-state index in [0.717, 1.165) is 30.2 Å². The molecule has 12 heteroatoms. The van der Waals surface area contributed by atoms with Crippen molar-refractivity contribution in [3.8, 4) is 22.6 Å². The first-order valence-electron chi connectivity index (χ1n) is 9.73. The summed E-state index contributed by atoms with van der Waals surface area (Å²) in [5.74, 6) is -5.63. The van der Waals surface area contributed by atoms with Crippen molar-refractivity contribution in [1.82, 2.24) is 5.25 Å². The number of hydrogen-bond donors (Lipinski definition) is 3. The predicted molar refractivity (Wildman–Crippen MR) is 111 cm³/mol. The minimum atomic E-state index is -4.99. The number of hydrogen-bond acceptors (Lipinski definition) is 4. The van der Waals surface area contributed by atoms with E-state index in [1.807, 2.05) is 0 Å². The summed E-state index contributed by atoms with van der Waals surface area (Å²) < 4.78 is 90.0. The molecule has 0 spiro atoms. The summed E-state index contributed by atoms with van der Waals surface area (Å²) in [6.07, 6.45) is -3.08. The molecule has 0 amide bonds. The average Bonchev–Trinajstić information content (AvgIpc) is 2.76. The molecule has 0 fully saturated rings. The van der Waals surface area contributed by atoms with Gasteiger partial charge in [-0.15, -0.1) is 11.8 Å². The molecule has 3 N–H and O–H groups in total. The summed E-state index contributed by atoms with van der Waals surface area (Å²) in [4.78, 5) is 9.20. The van der Waals surface area contributed by atoms with Crippen LogP contribution >= 0.6 is 7.52 Å². The van der Waals surface area contributed by atoms with Crippen molar-refractivity contribution in [3.63, 3.8) is 0 Å². The van der Waals surface area contributed by atoms with Gasteiger partial charge in [-0.3, -0.25) is 4.57 Å². The van der Waals surface area contributed by atoms with E-state index in [1.54, 1.807) is 18.2 Å². The zero-order chi connectivity index (χ0) is 24.6. The summed E-state index contributed by atoms with van der Waals surface area (Å²) in [7, 11) is -4.71. The molecule has 0 aliphatic heterocycles. The van der Waals surface area contributed by atoms with Gasteiger partial charge in [0.2, 0.25) is 5.82 Å². The molecule has 0 bridgehead atoms. The van der Waals surface area contributed by atoms with Gasteiger partial charge in [0.1, 0.15) is 12.4 Å². The lowest BCUT2D eigenvalue weighted by molar-refractivity contribution is -0.175. The fourth-order valence-electron chi connectivity index (χ4n) is 2.80. The van der Waals surface area contributed by atoms with E-state index in [4.69, 9.17) is 14.7 Å². The van der Waals surface area contributed by atoms with Gasteiger partial charge < -0.3 is 19.6 Å². The smallest absolute Gasteiger partial charge is 0.395 e. The number of alkyl halides is 3. The van der Waals surface area contributed by atoms with Crippen molar-refractivity contribution >= 4 is 7.52 Å². The molecule has 6 nitrogen and oxygen atoms in total. The molecule has 1 unspecified atom stereocenters. The number of rotatable bonds is 12. The largest absolute Gasteiger partial charge is 0.494 e. The summed E-state index contributed by atoms with van der Waals surface area (Å²) in [6, 6.07) is 8.25. The molecule has 182 valence electrons. The van der Waals surface area contributed by atoms with Gasteiger partial charge in [-0.05, 0) is 42.7 Å². The van der Waals surface area contributed by atoms with Crippen LogP contribution in [0.2, 0.25) is 0 Å². The number of halogens is 5. The van der Waals surface area contributed by atoms with Crippen LogP contribution in [0.4, 0.5) is 22.0 Å². The molecule has 0 saturated carbocycles. The monoisotopic (exact) mass is 495 g/mol.